The Morgan fingerprint density at radius 2 is 2.50 bits per heavy atom. The van der Waals surface area contributed by atoms with Crippen LogP contribution in [0.3, 0.4) is 0 Å². The molecule has 0 aromatic heterocycles. The summed E-state index contributed by atoms with van der Waals surface area (Å²) in [7, 11) is 0. The Bertz CT molecular complexity index is 162. The minimum absolute atomic E-state index is 0.489. The molecular formula is C9H17N3. The molecule has 3 nitrogen and oxygen atoms in total. The SMILES string of the molecule is CCN1CCC(CNCC#N)C1. The van der Waals surface area contributed by atoms with Gasteiger partial charge in [-0.05, 0) is 25.4 Å². The lowest BCUT2D eigenvalue weighted by molar-refractivity contribution is 0.340. The van der Waals surface area contributed by atoms with Crippen LogP contribution in [0.1, 0.15) is 13.3 Å². The van der Waals surface area contributed by atoms with E-state index in [-0.39, 0.29) is 0 Å². The molecule has 1 atom stereocenters. The van der Waals surface area contributed by atoms with Gasteiger partial charge in [-0.15, -0.1) is 0 Å². The molecule has 1 heterocycles. The predicted octanol–water partition coefficient (Wildman–Crippen LogP) is 0.441. The van der Waals surface area contributed by atoms with Crippen LogP contribution in [0.15, 0.2) is 0 Å². The normalized spacial score (nSPS) is 24.2. The monoisotopic (exact) mass is 167 g/mol. The number of rotatable bonds is 4. The van der Waals surface area contributed by atoms with E-state index in [1.807, 2.05) is 0 Å². The first-order valence-corrected chi connectivity index (χ1v) is 4.66. The van der Waals surface area contributed by atoms with Crippen LogP contribution in [0.25, 0.3) is 0 Å². The predicted molar refractivity (Wildman–Crippen MR) is 48.7 cm³/mol. The van der Waals surface area contributed by atoms with Crippen molar-refractivity contribution in [2.75, 3.05) is 32.7 Å². The van der Waals surface area contributed by atoms with Gasteiger partial charge in [-0.3, -0.25) is 0 Å². The average Bonchev–Trinajstić information content (AvgIpc) is 2.53. The molecule has 1 aliphatic heterocycles. The van der Waals surface area contributed by atoms with Gasteiger partial charge in [0.05, 0.1) is 12.6 Å². The summed E-state index contributed by atoms with van der Waals surface area (Å²) in [5.41, 5.74) is 0. The third-order valence-corrected chi connectivity index (χ3v) is 2.45. The fraction of sp³-hybridized carbons (Fsp3) is 0.889. The smallest absolute Gasteiger partial charge is 0.0841 e. The molecule has 3 heteroatoms. The number of nitriles is 1. The first-order chi connectivity index (χ1) is 5.86. The summed E-state index contributed by atoms with van der Waals surface area (Å²) in [6, 6.07) is 2.09. The van der Waals surface area contributed by atoms with Gasteiger partial charge in [-0.1, -0.05) is 6.92 Å². The number of nitrogens with zero attached hydrogens (tertiary/aromatic N) is 2. The van der Waals surface area contributed by atoms with E-state index < -0.39 is 0 Å². The molecule has 0 bridgehead atoms. The van der Waals surface area contributed by atoms with Crippen molar-refractivity contribution in [1.82, 2.24) is 10.2 Å². The second-order valence-corrected chi connectivity index (χ2v) is 3.34. The molecule has 1 fully saturated rings. The van der Waals surface area contributed by atoms with Crippen molar-refractivity contribution in [1.29, 1.82) is 5.26 Å². The highest BCUT2D eigenvalue weighted by atomic mass is 15.1. The molecule has 1 saturated heterocycles. The van der Waals surface area contributed by atoms with Gasteiger partial charge in [0.15, 0.2) is 0 Å². The molecule has 0 aromatic carbocycles. The van der Waals surface area contributed by atoms with Gasteiger partial charge in [0, 0.05) is 13.1 Å². The Morgan fingerprint density at radius 3 is 3.08 bits per heavy atom. The maximum Gasteiger partial charge on any atom is 0.0841 e. The Morgan fingerprint density at radius 1 is 1.67 bits per heavy atom. The molecular weight excluding hydrogens is 150 g/mol. The van der Waals surface area contributed by atoms with E-state index in [1.54, 1.807) is 0 Å². The molecule has 1 unspecified atom stereocenters. The zero-order valence-corrected chi connectivity index (χ0v) is 7.71. The topological polar surface area (TPSA) is 39.1 Å². The van der Waals surface area contributed by atoms with Crippen LogP contribution in [-0.4, -0.2) is 37.6 Å². The van der Waals surface area contributed by atoms with Crippen LogP contribution in [0.2, 0.25) is 0 Å². The molecule has 0 aliphatic carbocycles. The van der Waals surface area contributed by atoms with Crippen molar-refractivity contribution in [2.45, 2.75) is 13.3 Å². The summed E-state index contributed by atoms with van der Waals surface area (Å²) in [6.45, 7) is 7.29. The molecule has 1 N–H and O–H groups in total. The Labute approximate surface area is 74.4 Å². The zero-order valence-electron chi connectivity index (χ0n) is 7.71. The van der Waals surface area contributed by atoms with Crippen LogP contribution in [0.4, 0.5) is 0 Å². The quantitative estimate of drug-likeness (QED) is 0.488. The summed E-state index contributed by atoms with van der Waals surface area (Å²) in [6.07, 6.45) is 1.28. The molecule has 0 saturated carbocycles. The van der Waals surface area contributed by atoms with Crippen LogP contribution in [-0.2, 0) is 0 Å². The number of hydrogen-bond donors (Lipinski definition) is 1. The Balaban J connectivity index is 2.07. The van der Waals surface area contributed by atoms with Gasteiger partial charge in [-0.2, -0.15) is 5.26 Å². The van der Waals surface area contributed by atoms with Crippen LogP contribution in [0, 0.1) is 17.2 Å². The second-order valence-electron chi connectivity index (χ2n) is 3.34. The van der Waals surface area contributed by atoms with Gasteiger partial charge in [0.1, 0.15) is 0 Å². The summed E-state index contributed by atoms with van der Waals surface area (Å²) >= 11 is 0. The van der Waals surface area contributed by atoms with E-state index in [4.69, 9.17) is 5.26 Å². The van der Waals surface area contributed by atoms with E-state index >= 15 is 0 Å². The summed E-state index contributed by atoms with van der Waals surface area (Å²) in [4.78, 5) is 2.46. The molecule has 0 radical (unpaired) electrons. The van der Waals surface area contributed by atoms with E-state index in [0.717, 1.165) is 19.0 Å². The van der Waals surface area contributed by atoms with E-state index in [0.29, 0.717) is 6.54 Å². The van der Waals surface area contributed by atoms with E-state index in [1.165, 1.54) is 19.5 Å². The van der Waals surface area contributed by atoms with Crippen molar-refractivity contribution in [3.05, 3.63) is 0 Å². The number of likely N-dealkylation sites (tertiary alicyclic amines) is 1. The number of hydrogen-bond acceptors (Lipinski definition) is 3. The zero-order chi connectivity index (χ0) is 8.81. The van der Waals surface area contributed by atoms with E-state index in [2.05, 4.69) is 23.2 Å². The van der Waals surface area contributed by atoms with E-state index in [9.17, 15) is 0 Å². The van der Waals surface area contributed by atoms with Crippen LogP contribution < -0.4 is 5.32 Å². The van der Waals surface area contributed by atoms with Crippen molar-refractivity contribution in [3.8, 4) is 6.07 Å². The number of nitrogens with one attached hydrogen (secondary N) is 1. The molecule has 0 aromatic rings. The molecule has 1 aliphatic rings. The highest BCUT2D eigenvalue weighted by Gasteiger charge is 2.19. The maximum atomic E-state index is 8.32. The third kappa shape index (κ3) is 2.80. The van der Waals surface area contributed by atoms with Gasteiger partial charge >= 0.3 is 0 Å². The van der Waals surface area contributed by atoms with Crippen molar-refractivity contribution >= 4 is 0 Å². The molecule has 0 spiro atoms. The van der Waals surface area contributed by atoms with Crippen molar-refractivity contribution in [2.24, 2.45) is 5.92 Å². The van der Waals surface area contributed by atoms with Crippen molar-refractivity contribution < 1.29 is 0 Å². The largest absolute Gasteiger partial charge is 0.304 e. The summed E-state index contributed by atoms with van der Waals surface area (Å²) in [5.74, 6) is 0.762. The second kappa shape index (κ2) is 5.13. The first-order valence-electron chi connectivity index (χ1n) is 4.66. The van der Waals surface area contributed by atoms with Gasteiger partial charge in [0.25, 0.3) is 0 Å². The Kier molecular flexibility index (Phi) is 4.06. The lowest BCUT2D eigenvalue weighted by atomic mass is 10.1. The minimum atomic E-state index is 0.489. The van der Waals surface area contributed by atoms with Gasteiger partial charge in [-0.25, -0.2) is 0 Å². The van der Waals surface area contributed by atoms with Crippen LogP contribution in [0.5, 0.6) is 0 Å². The minimum Gasteiger partial charge on any atom is -0.304 e. The van der Waals surface area contributed by atoms with Gasteiger partial charge in [0.2, 0.25) is 0 Å². The molecule has 68 valence electrons. The fourth-order valence-corrected chi connectivity index (χ4v) is 1.70. The summed E-state index contributed by atoms with van der Waals surface area (Å²) in [5, 5.41) is 11.4. The molecule has 0 amide bonds. The molecule has 12 heavy (non-hydrogen) atoms. The van der Waals surface area contributed by atoms with Crippen molar-refractivity contribution in [3.63, 3.8) is 0 Å². The Hall–Kier alpha value is -0.590. The average molecular weight is 167 g/mol. The van der Waals surface area contributed by atoms with Crippen LogP contribution >= 0.6 is 0 Å². The third-order valence-electron chi connectivity index (χ3n) is 2.45. The highest BCUT2D eigenvalue weighted by molar-refractivity contribution is 4.79. The lowest BCUT2D eigenvalue weighted by Crippen LogP contribution is -2.26. The summed E-state index contributed by atoms with van der Waals surface area (Å²) < 4.78 is 0. The first kappa shape index (κ1) is 9.50. The molecule has 1 rings (SSSR count). The standard InChI is InChI=1S/C9H17N3/c1-2-12-6-3-9(8-12)7-11-5-4-10/h9,11H,2-3,5-8H2,1H3. The lowest BCUT2D eigenvalue weighted by Gasteiger charge is -2.12. The maximum absolute atomic E-state index is 8.32. The fourth-order valence-electron chi connectivity index (χ4n) is 1.70. The highest BCUT2D eigenvalue weighted by Crippen LogP contribution is 2.14. The van der Waals surface area contributed by atoms with Gasteiger partial charge < -0.3 is 10.2 Å².